The lowest BCUT2D eigenvalue weighted by Crippen LogP contribution is -2.10. The van der Waals surface area contributed by atoms with Gasteiger partial charge in [-0.3, -0.25) is 0 Å². The standard InChI is InChI=1S/C21H11I2NO5/c22-14-9-12(11-16-21(26)29-19(24-16)17-7-4-8-27-17)10-15(23)18(14)28-20(25)13-5-2-1-3-6-13/h1-11H/b16-11-. The maximum Gasteiger partial charge on any atom is 0.363 e. The maximum absolute atomic E-state index is 12.3. The quantitative estimate of drug-likeness (QED) is 0.179. The topological polar surface area (TPSA) is 78.1 Å². The third-order valence-electron chi connectivity index (χ3n) is 3.88. The van der Waals surface area contributed by atoms with Crippen LogP contribution in [0.1, 0.15) is 21.7 Å². The zero-order valence-electron chi connectivity index (χ0n) is 14.6. The second kappa shape index (κ2) is 8.49. The van der Waals surface area contributed by atoms with Crippen LogP contribution in [0.5, 0.6) is 5.75 Å². The minimum absolute atomic E-state index is 0.129. The molecule has 0 fully saturated rings. The number of hydrogen-bond acceptors (Lipinski definition) is 6. The molecule has 0 radical (unpaired) electrons. The van der Waals surface area contributed by atoms with E-state index in [-0.39, 0.29) is 11.6 Å². The fraction of sp³-hybridized carbons (Fsp3) is 0. The molecule has 0 N–H and O–H groups in total. The van der Waals surface area contributed by atoms with E-state index in [1.165, 1.54) is 6.26 Å². The predicted molar refractivity (Wildman–Crippen MR) is 123 cm³/mol. The molecule has 6 nitrogen and oxygen atoms in total. The average Bonchev–Trinajstić information content (AvgIpc) is 3.36. The number of carbonyl (C=O) groups excluding carboxylic acids is 2. The first-order valence-corrected chi connectivity index (χ1v) is 10.5. The first kappa shape index (κ1) is 19.8. The minimum Gasteiger partial charge on any atom is -0.459 e. The highest BCUT2D eigenvalue weighted by molar-refractivity contribution is 14.1. The summed E-state index contributed by atoms with van der Waals surface area (Å²) in [5.41, 5.74) is 1.37. The Hall–Kier alpha value is -2.47. The summed E-state index contributed by atoms with van der Waals surface area (Å²) in [6, 6.07) is 15.7. The molecule has 1 aliphatic rings. The summed E-state index contributed by atoms with van der Waals surface area (Å²) in [5, 5.41) is 0. The highest BCUT2D eigenvalue weighted by Gasteiger charge is 2.26. The van der Waals surface area contributed by atoms with Gasteiger partial charge in [0.2, 0.25) is 0 Å². The Kier molecular flexibility index (Phi) is 5.81. The average molecular weight is 611 g/mol. The van der Waals surface area contributed by atoms with E-state index >= 15 is 0 Å². The summed E-state index contributed by atoms with van der Waals surface area (Å²) in [5.74, 6) is -0.00490. The van der Waals surface area contributed by atoms with Crippen molar-refractivity contribution in [1.29, 1.82) is 0 Å². The molecule has 0 bridgehead atoms. The lowest BCUT2D eigenvalue weighted by Gasteiger charge is -2.10. The predicted octanol–water partition coefficient (Wildman–Crippen LogP) is 5.05. The van der Waals surface area contributed by atoms with Gasteiger partial charge >= 0.3 is 11.9 Å². The first-order valence-electron chi connectivity index (χ1n) is 8.34. The number of rotatable bonds is 4. The van der Waals surface area contributed by atoms with E-state index in [1.54, 1.807) is 54.6 Å². The first-order chi connectivity index (χ1) is 14.0. The van der Waals surface area contributed by atoms with Crippen LogP contribution in [0, 0.1) is 7.14 Å². The Morgan fingerprint density at radius 2 is 1.76 bits per heavy atom. The fourth-order valence-corrected chi connectivity index (χ4v) is 4.60. The van der Waals surface area contributed by atoms with Gasteiger partial charge in [0, 0.05) is 0 Å². The zero-order chi connectivity index (χ0) is 20.4. The number of nitrogens with zero attached hydrogens (tertiary/aromatic N) is 1. The van der Waals surface area contributed by atoms with Crippen LogP contribution < -0.4 is 4.74 Å². The Balaban J connectivity index is 1.60. The summed E-state index contributed by atoms with van der Waals surface area (Å²) in [6.07, 6.45) is 3.10. The van der Waals surface area contributed by atoms with Gasteiger partial charge in [-0.25, -0.2) is 14.6 Å². The SMILES string of the molecule is O=C1OC(c2ccco2)=N/C1=C\c1cc(I)c(OC(=O)c2ccccc2)c(I)c1. The fourth-order valence-electron chi connectivity index (χ4n) is 2.56. The smallest absolute Gasteiger partial charge is 0.363 e. The second-order valence-electron chi connectivity index (χ2n) is 5.88. The molecule has 29 heavy (non-hydrogen) atoms. The molecule has 8 heteroatoms. The molecule has 0 amide bonds. The lowest BCUT2D eigenvalue weighted by molar-refractivity contribution is -0.130. The highest BCUT2D eigenvalue weighted by atomic mass is 127. The number of ether oxygens (including phenoxy) is 2. The van der Waals surface area contributed by atoms with Gasteiger partial charge in [0.05, 0.1) is 19.0 Å². The lowest BCUT2D eigenvalue weighted by atomic mass is 10.2. The van der Waals surface area contributed by atoms with Gasteiger partial charge in [-0.1, -0.05) is 18.2 Å². The van der Waals surface area contributed by atoms with Crippen molar-refractivity contribution in [3.8, 4) is 5.75 Å². The molecule has 0 spiro atoms. The van der Waals surface area contributed by atoms with E-state index in [2.05, 4.69) is 50.2 Å². The van der Waals surface area contributed by atoms with Gasteiger partial charge in [0.1, 0.15) is 0 Å². The normalized spacial score (nSPS) is 14.6. The molecule has 0 saturated carbocycles. The summed E-state index contributed by atoms with van der Waals surface area (Å²) in [6.45, 7) is 0. The van der Waals surface area contributed by atoms with Crippen LogP contribution in [0.3, 0.4) is 0 Å². The Morgan fingerprint density at radius 1 is 1.03 bits per heavy atom. The van der Waals surface area contributed by atoms with E-state index in [9.17, 15) is 9.59 Å². The summed E-state index contributed by atoms with van der Waals surface area (Å²) in [7, 11) is 0. The molecule has 2 heterocycles. The van der Waals surface area contributed by atoms with Crippen LogP contribution in [0.25, 0.3) is 6.08 Å². The summed E-state index contributed by atoms with van der Waals surface area (Å²) >= 11 is 4.18. The molecule has 1 aliphatic heterocycles. The number of benzene rings is 2. The summed E-state index contributed by atoms with van der Waals surface area (Å²) < 4.78 is 17.4. The molecule has 1 aromatic heterocycles. The van der Waals surface area contributed by atoms with Crippen molar-refractivity contribution in [2.24, 2.45) is 4.99 Å². The van der Waals surface area contributed by atoms with Gasteiger partial charge in [-0.05, 0) is 93.2 Å². The number of aliphatic imine (C=N–C) groups is 1. The van der Waals surface area contributed by atoms with Gasteiger partial charge in [0.25, 0.3) is 5.90 Å². The number of cyclic esters (lactones) is 1. The van der Waals surface area contributed by atoms with Crippen molar-refractivity contribution in [3.63, 3.8) is 0 Å². The van der Waals surface area contributed by atoms with Crippen LogP contribution in [0.15, 0.2) is 76.0 Å². The summed E-state index contributed by atoms with van der Waals surface area (Å²) in [4.78, 5) is 28.6. The van der Waals surface area contributed by atoms with Gasteiger partial charge in [0.15, 0.2) is 17.2 Å². The highest BCUT2D eigenvalue weighted by Crippen LogP contribution is 2.31. The number of carbonyl (C=O) groups is 2. The molecule has 4 rings (SSSR count). The molecule has 0 atom stereocenters. The number of furan rings is 1. The number of esters is 2. The van der Waals surface area contributed by atoms with Gasteiger partial charge < -0.3 is 13.9 Å². The van der Waals surface area contributed by atoms with Crippen molar-refractivity contribution in [1.82, 2.24) is 0 Å². The molecule has 144 valence electrons. The molecule has 2 aromatic carbocycles. The third-order valence-corrected chi connectivity index (χ3v) is 5.48. The van der Waals surface area contributed by atoms with Crippen LogP contribution >= 0.6 is 45.2 Å². The maximum atomic E-state index is 12.3. The van der Waals surface area contributed by atoms with E-state index in [0.29, 0.717) is 17.1 Å². The van der Waals surface area contributed by atoms with Gasteiger partial charge in [-0.2, -0.15) is 0 Å². The van der Waals surface area contributed by atoms with E-state index in [1.807, 2.05) is 6.07 Å². The Labute approximate surface area is 192 Å². The van der Waals surface area contributed by atoms with Crippen molar-refractivity contribution in [2.75, 3.05) is 0 Å². The largest absolute Gasteiger partial charge is 0.459 e. The molecule has 0 unspecified atom stereocenters. The third kappa shape index (κ3) is 4.42. The van der Waals surface area contributed by atoms with E-state index < -0.39 is 11.9 Å². The molecule has 0 aliphatic carbocycles. The zero-order valence-corrected chi connectivity index (χ0v) is 18.9. The van der Waals surface area contributed by atoms with Crippen molar-refractivity contribution < 1.29 is 23.5 Å². The van der Waals surface area contributed by atoms with Crippen LogP contribution in [-0.4, -0.2) is 17.8 Å². The molecule has 0 saturated heterocycles. The van der Waals surface area contributed by atoms with E-state index in [4.69, 9.17) is 13.9 Å². The monoisotopic (exact) mass is 611 g/mol. The van der Waals surface area contributed by atoms with Crippen LogP contribution in [-0.2, 0) is 9.53 Å². The molecule has 3 aromatic rings. The van der Waals surface area contributed by atoms with E-state index in [0.717, 1.165) is 12.7 Å². The van der Waals surface area contributed by atoms with Crippen molar-refractivity contribution >= 4 is 69.1 Å². The van der Waals surface area contributed by atoms with Crippen molar-refractivity contribution in [2.45, 2.75) is 0 Å². The Bertz CT molecular complexity index is 1130. The van der Waals surface area contributed by atoms with Crippen molar-refractivity contribution in [3.05, 3.63) is 90.6 Å². The van der Waals surface area contributed by atoms with Gasteiger partial charge in [-0.15, -0.1) is 0 Å². The second-order valence-corrected chi connectivity index (χ2v) is 8.21. The molecular formula is C21H11I2NO5. The number of halogens is 2. The van der Waals surface area contributed by atoms with Crippen LogP contribution in [0.4, 0.5) is 0 Å². The molecular weight excluding hydrogens is 600 g/mol. The Morgan fingerprint density at radius 3 is 2.41 bits per heavy atom. The van der Waals surface area contributed by atoms with Crippen LogP contribution in [0.2, 0.25) is 0 Å². The minimum atomic E-state index is -0.555. The number of hydrogen-bond donors (Lipinski definition) is 0.